The number of nitrogens with two attached hydrogens (primary N) is 1. The maximum absolute atomic E-state index is 6.01. The summed E-state index contributed by atoms with van der Waals surface area (Å²) >= 11 is 11.5. The lowest BCUT2D eigenvalue weighted by Crippen LogP contribution is -2.12. The van der Waals surface area contributed by atoms with Crippen LogP contribution in [0.2, 0.25) is 5.02 Å². The van der Waals surface area contributed by atoms with E-state index >= 15 is 0 Å². The SMILES string of the molecule is Cc1cc(N=C(N)CCl)cc(C)c1Cl. The lowest BCUT2D eigenvalue weighted by molar-refractivity contribution is 1.34. The third-order valence-corrected chi connectivity index (χ3v) is 2.70. The fourth-order valence-electron chi connectivity index (χ4n) is 1.18. The van der Waals surface area contributed by atoms with Crippen molar-refractivity contribution in [2.45, 2.75) is 13.8 Å². The molecule has 0 aliphatic heterocycles. The Labute approximate surface area is 93.7 Å². The first-order valence-electron chi connectivity index (χ1n) is 4.20. The monoisotopic (exact) mass is 230 g/mol. The first-order valence-corrected chi connectivity index (χ1v) is 5.11. The van der Waals surface area contributed by atoms with Gasteiger partial charge in [0.25, 0.3) is 0 Å². The minimum Gasteiger partial charge on any atom is -0.386 e. The molecule has 0 unspecified atom stereocenters. The van der Waals surface area contributed by atoms with E-state index < -0.39 is 0 Å². The van der Waals surface area contributed by atoms with Gasteiger partial charge >= 0.3 is 0 Å². The second kappa shape index (κ2) is 4.67. The van der Waals surface area contributed by atoms with Crippen LogP contribution >= 0.6 is 23.2 Å². The molecule has 4 heteroatoms. The average molecular weight is 231 g/mol. The normalized spacial score (nSPS) is 11.9. The number of aliphatic imine (C=N–C) groups is 1. The number of benzene rings is 1. The number of alkyl halides is 1. The highest BCUT2D eigenvalue weighted by molar-refractivity contribution is 6.32. The van der Waals surface area contributed by atoms with Gasteiger partial charge in [-0.1, -0.05) is 11.6 Å². The van der Waals surface area contributed by atoms with E-state index in [1.54, 1.807) is 0 Å². The molecule has 0 radical (unpaired) electrons. The molecule has 76 valence electrons. The van der Waals surface area contributed by atoms with Crippen LogP contribution in [0.25, 0.3) is 0 Å². The van der Waals surface area contributed by atoms with E-state index in [-0.39, 0.29) is 5.88 Å². The largest absolute Gasteiger partial charge is 0.386 e. The maximum Gasteiger partial charge on any atom is 0.115 e. The third-order valence-electron chi connectivity index (χ3n) is 1.83. The molecular formula is C10H12Cl2N2. The van der Waals surface area contributed by atoms with Crippen LogP contribution in [0.3, 0.4) is 0 Å². The Morgan fingerprint density at radius 3 is 2.29 bits per heavy atom. The molecule has 14 heavy (non-hydrogen) atoms. The predicted molar refractivity (Wildman–Crippen MR) is 62.9 cm³/mol. The molecular weight excluding hydrogens is 219 g/mol. The molecule has 2 N–H and O–H groups in total. The van der Waals surface area contributed by atoms with Crippen molar-refractivity contribution >= 4 is 34.7 Å². The van der Waals surface area contributed by atoms with Crippen LogP contribution in [0, 0.1) is 13.8 Å². The van der Waals surface area contributed by atoms with Gasteiger partial charge in [0, 0.05) is 5.02 Å². The molecule has 0 saturated carbocycles. The zero-order chi connectivity index (χ0) is 10.7. The Kier molecular flexibility index (Phi) is 3.78. The summed E-state index contributed by atoms with van der Waals surface area (Å²) in [5, 5.41) is 0.772. The standard InChI is InChI=1S/C10H12Cl2N2/c1-6-3-8(14-9(13)5-11)4-7(2)10(6)12/h3-4H,5H2,1-2H3,(H2,13,14). The molecule has 0 heterocycles. The van der Waals surface area contributed by atoms with Gasteiger partial charge in [-0.15, -0.1) is 11.6 Å². The predicted octanol–water partition coefficient (Wildman–Crippen LogP) is 3.18. The van der Waals surface area contributed by atoms with Gasteiger partial charge in [-0.05, 0) is 37.1 Å². The Morgan fingerprint density at radius 1 is 1.36 bits per heavy atom. The van der Waals surface area contributed by atoms with Gasteiger partial charge in [-0.3, -0.25) is 0 Å². The zero-order valence-electron chi connectivity index (χ0n) is 8.14. The highest BCUT2D eigenvalue weighted by Gasteiger charge is 2.02. The van der Waals surface area contributed by atoms with Gasteiger partial charge in [0.05, 0.1) is 11.6 Å². The summed E-state index contributed by atoms with van der Waals surface area (Å²) in [6.07, 6.45) is 0. The number of aryl methyl sites for hydroxylation is 2. The molecule has 0 aliphatic rings. The molecule has 2 nitrogen and oxygen atoms in total. The lowest BCUT2D eigenvalue weighted by atomic mass is 10.1. The summed E-state index contributed by atoms with van der Waals surface area (Å²) in [6.45, 7) is 3.87. The third kappa shape index (κ3) is 2.63. The van der Waals surface area contributed by atoms with Gasteiger partial charge in [0.15, 0.2) is 0 Å². The fraction of sp³-hybridized carbons (Fsp3) is 0.300. The second-order valence-corrected chi connectivity index (χ2v) is 3.78. The molecule has 0 bridgehead atoms. The topological polar surface area (TPSA) is 38.4 Å². The van der Waals surface area contributed by atoms with Crippen molar-refractivity contribution in [3.63, 3.8) is 0 Å². The van der Waals surface area contributed by atoms with E-state index in [1.807, 2.05) is 26.0 Å². The molecule has 0 spiro atoms. The van der Waals surface area contributed by atoms with Gasteiger partial charge in [-0.25, -0.2) is 4.99 Å². The quantitative estimate of drug-likeness (QED) is 0.473. The molecule has 0 amide bonds. The van der Waals surface area contributed by atoms with E-state index in [2.05, 4.69) is 4.99 Å². The maximum atomic E-state index is 6.01. The van der Waals surface area contributed by atoms with Crippen LogP contribution in [0.15, 0.2) is 17.1 Å². The van der Waals surface area contributed by atoms with Crippen molar-refractivity contribution in [3.8, 4) is 0 Å². The molecule has 0 aliphatic carbocycles. The molecule has 1 rings (SSSR count). The van der Waals surface area contributed by atoms with Gasteiger partial charge in [0.2, 0.25) is 0 Å². The average Bonchev–Trinajstić information content (AvgIpc) is 2.14. The summed E-state index contributed by atoms with van der Waals surface area (Å²) < 4.78 is 0. The van der Waals surface area contributed by atoms with Crippen LogP contribution < -0.4 is 5.73 Å². The van der Waals surface area contributed by atoms with Gasteiger partial charge < -0.3 is 5.73 Å². The Hall–Kier alpha value is -0.730. The molecule has 0 aromatic heterocycles. The zero-order valence-corrected chi connectivity index (χ0v) is 9.65. The summed E-state index contributed by atoms with van der Waals surface area (Å²) in [6, 6.07) is 3.77. The first-order chi connectivity index (χ1) is 6.54. The van der Waals surface area contributed by atoms with Crippen LogP contribution in [0.5, 0.6) is 0 Å². The number of hydrogen-bond donors (Lipinski definition) is 1. The Morgan fingerprint density at radius 2 is 1.86 bits per heavy atom. The number of nitrogens with zero attached hydrogens (tertiary/aromatic N) is 1. The van der Waals surface area contributed by atoms with Gasteiger partial charge in [0.1, 0.15) is 5.84 Å². The first kappa shape index (κ1) is 11.3. The van der Waals surface area contributed by atoms with Crippen LogP contribution in [0.4, 0.5) is 5.69 Å². The lowest BCUT2D eigenvalue weighted by Gasteiger charge is -2.04. The number of amidine groups is 1. The van der Waals surface area contributed by atoms with E-state index in [1.165, 1.54) is 0 Å². The van der Waals surface area contributed by atoms with E-state index in [0.717, 1.165) is 21.8 Å². The van der Waals surface area contributed by atoms with Crippen LogP contribution in [-0.4, -0.2) is 11.7 Å². The minimum absolute atomic E-state index is 0.237. The number of hydrogen-bond acceptors (Lipinski definition) is 1. The number of halogens is 2. The van der Waals surface area contributed by atoms with E-state index in [0.29, 0.717) is 5.84 Å². The smallest absolute Gasteiger partial charge is 0.115 e. The highest BCUT2D eigenvalue weighted by Crippen LogP contribution is 2.25. The number of rotatable bonds is 2. The molecule has 1 aromatic carbocycles. The van der Waals surface area contributed by atoms with Crippen molar-refractivity contribution in [3.05, 3.63) is 28.3 Å². The molecule has 0 saturated heterocycles. The van der Waals surface area contributed by atoms with E-state index in [9.17, 15) is 0 Å². The van der Waals surface area contributed by atoms with Crippen molar-refractivity contribution in [2.24, 2.45) is 10.7 Å². The van der Waals surface area contributed by atoms with Crippen LogP contribution in [-0.2, 0) is 0 Å². The highest BCUT2D eigenvalue weighted by atomic mass is 35.5. The Bertz CT molecular complexity index is 349. The molecule has 1 aromatic rings. The second-order valence-electron chi connectivity index (χ2n) is 3.13. The molecule has 0 atom stereocenters. The summed E-state index contributed by atoms with van der Waals surface area (Å²) in [5.74, 6) is 0.647. The summed E-state index contributed by atoms with van der Waals surface area (Å²) in [4.78, 5) is 4.14. The van der Waals surface area contributed by atoms with Crippen molar-refractivity contribution < 1.29 is 0 Å². The van der Waals surface area contributed by atoms with Crippen LogP contribution in [0.1, 0.15) is 11.1 Å². The van der Waals surface area contributed by atoms with Crippen molar-refractivity contribution in [1.29, 1.82) is 0 Å². The van der Waals surface area contributed by atoms with Crippen molar-refractivity contribution in [2.75, 3.05) is 5.88 Å². The Balaban J connectivity index is 3.13. The van der Waals surface area contributed by atoms with Gasteiger partial charge in [-0.2, -0.15) is 0 Å². The van der Waals surface area contributed by atoms with E-state index in [4.69, 9.17) is 28.9 Å². The summed E-state index contributed by atoms with van der Waals surface area (Å²) in [5.41, 5.74) is 8.31. The summed E-state index contributed by atoms with van der Waals surface area (Å²) in [7, 11) is 0. The van der Waals surface area contributed by atoms with Crippen molar-refractivity contribution in [1.82, 2.24) is 0 Å². The fourth-order valence-corrected chi connectivity index (χ4v) is 1.35. The minimum atomic E-state index is 0.237. The molecule has 0 fully saturated rings.